The standard InChI is InChI=1S/C12H21N2Si/c1-5-10(2)11-8-6-7-9-12(11)15(13-3)14-4/h6-10,13-14H,5H2,1-4H3. The van der Waals surface area contributed by atoms with Gasteiger partial charge in [0.1, 0.15) is 0 Å². The molecule has 1 aromatic carbocycles. The molecule has 3 heteroatoms. The second kappa shape index (κ2) is 6.05. The van der Waals surface area contributed by atoms with E-state index in [1.807, 2.05) is 14.1 Å². The first kappa shape index (κ1) is 12.4. The minimum atomic E-state index is -0.785. The zero-order valence-electron chi connectivity index (χ0n) is 10.1. The average Bonchev–Trinajstić information content (AvgIpc) is 2.30. The lowest BCUT2D eigenvalue weighted by atomic mass is 9.99. The molecule has 1 radical (unpaired) electrons. The molecule has 15 heavy (non-hydrogen) atoms. The predicted octanol–water partition coefficient (Wildman–Crippen LogP) is 1.33. The minimum Gasteiger partial charge on any atom is -0.325 e. The van der Waals surface area contributed by atoms with Crippen LogP contribution in [0.3, 0.4) is 0 Å². The van der Waals surface area contributed by atoms with Gasteiger partial charge in [-0.05, 0) is 37.2 Å². The zero-order chi connectivity index (χ0) is 11.3. The third-order valence-electron chi connectivity index (χ3n) is 2.87. The van der Waals surface area contributed by atoms with Gasteiger partial charge in [-0.2, -0.15) is 0 Å². The maximum atomic E-state index is 3.38. The highest BCUT2D eigenvalue weighted by Gasteiger charge is 2.17. The van der Waals surface area contributed by atoms with Crippen molar-refractivity contribution in [2.24, 2.45) is 0 Å². The topological polar surface area (TPSA) is 24.1 Å². The molecule has 83 valence electrons. The van der Waals surface area contributed by atoms with Gasteiger partial charge in [0.25, 0.3) is 9.12 Å². The Bertz CT molecular complexity index is 297. The number of hydrogen-bond acceptors (Lipinski definition) is 2. The van der Waals surface area contributed by atoms with Gasteiger partial charge in [-0.25, -0.2) is 0 Å². The van der Waals surface area contributed by atoms with Crippen LogP contribution in [-0.4, -0.2) is 23.2 Å². The summed E-state index contributed by atoms with van der Waals surface area (Å²) < 4.78 is 0. The van der Waals surface area contributed by atoms with Gasteiger partial charge >= 0.3 is 0 Å². The molecule has 0 bridgehead atoms. The van der Waals surface area contributed by atoms with E-state index >= 15 is 0 Å². The van der Waals surface area contributed by atoms with Gasteiger partial charge in [-0.1, -0.05) is 38.1 Å². The van der Waals surface area contributed by atoms with E-state index in [2.05, 4.69) is 48.1 Å². The Labute approximate surface area is 94.9 Å². The van der Waals surface area contributed by atoms with Crippen molar-refractivity contribution in [2.75, 3.05) is 14.1 Å². The lowest BCUT2D eigenvalue weighted by Gasteiger charge is -2.19. The summed E-state index contributed by atoms with van der Waals surface area (Å²) in [5.41, 5.74) is 1.48. The van der Waals surface area contributed by atoms with Crippen LogP contribution in [0.2, 0.25) is 0 Å². The molecule has 1 rings (SSSR count). The fraction of sp³-hybridized carbons (Fsp3) is 0.500. The summed E-state index contributed by atoms with van der Waals surface area (Å²) in [6, 6.07) is 8.75. The number of nitrogens with one attached hydrogen (secondary N) is 2. The largest absolute Gasteiger partial charge is 0.325 e. The van der Waals surface area contributed by atoms with E-state index in [-0.39, 0.29) is 0 Å². The lowest BCUT2D eigenvalue weighted by Crippen LogP contribution is -2.54. The van der Waals surface area contributed by atoms with Gasteiger partial charge in [0.2, 0.25) is 0 Å². The summed E-state index contributed by atoms with van der Waals surface area (Å²) in [5.74, 6) is 0.642. The van der Waals surface area contributed by atoms with Crippen LogP contribution in [0.25, 0.3) is 0 Å². The summed E-state index contributed by atoms with van der Waals surface area (Å²) in [4.78, 5) is 6.76. The van der Waals surface area contributed by atoms with Gasteiger partial charge in [0.15, 0.2) is 0 Å². The molecule has 2 nitrogen and oxygen atoms in total. The Balaban J connectivity index is 3.04. The molecular weight excluding hydrogens is 200 g/mol. The molecule has 0 saturated heterocycles. The molecule has 0 aromatic heterocycles. The highest BCUT2D eigenvalue weighted by atomic mass is 28.3. The Kier molecular flexibility index (Phi) is 5.01. The second-order valence-electron chi connectivity index (χ2n) is 3.77. The molecule has 0 aliphatic heterocycles. The molecule has 1 unspecified atom stereocenters. The van der Waals surface area contributed by atoms with E-state index in [4.69, 9.17) is 0 Å². The Morgan fingerprint density at radius 3 is 2.33 bits per heavy atom. The molecule has 0 amide bonds. The molecular formula is C12H21N2Si. The van der Waals surface area contributed by atoms with Crippen molar-refractivity contribution < 1.29 is 0 Å². The Morgan fingerprint density at radius 1 is 1.20 bits per heavy atom. The highest BCUT2D eigenvalue weighted by Crippen LogP contribution is 2.16. The van der Waals surface area contributed by atoms with Crippen LogP contribution >= 0.6 is 0 Å². The Hall–Kier alpha value is -0.643. The average molecular weight is 221 g/mol. The van der Waals surface area contributed by atoms with Crippen molar-refractivity contribution in [1.29, 1.82) is 0 Å². The van der Waals surface area contributed by atoms with Gasteiger partial charge in [-0.3, -0.25) is 0 Å². The van der Waals surface area contributed by atoms with E-state index in [1.165, 1.54) is 17.2 Å². The smallest absolute Gasteiger partial charge is 0.260 e. The van der Waals surface area contributed by atoms with Gasteiger partial charge in [-0.15, -0.1) is 0 Å². The van der Waals surface area contributed by atoms with Crippen LogP contribution in [0.15, 0.2) is 24.3 Å². The number of benzene rings is 1. The van der Waals surface area contributed by atoms with Crippen molar-refractivity contribution in [3.05, 3.63) is 29.8 Å². The molecule has 0 heterocycles. The summed E-state index contributed by atoms with van der Waals surface area (Å²) in [6.45, 7) is 4.54. The Morgan fingerprint density at radius 2 is 1.80 bits per heavy atom. The molecule has 0 fully saturated rings. The third-order valence-corrected chi connectivity index (χ3v) is 4.87. The van der Waals surface area contributed by atoms with E-state index in [0.29, 0.717) is 5.92 Å². The maximum absolute atomic E-state index is 3.38. The van der Waals surface area contributed by atoms with Crippen LogP contribution in [-0.2, 0) is 0 Å². The van der Waals surface area contributed by atoms with Crippen LogP contribution in [0.5, 0.6) is 0 Å². The van der Waals surface area contributed by atoms with Gasteiger partial charge in [0.05, 0.1) is 0 Å². The fourth-order valence-corrected chi connectivity index (χ4v) is 3.44. The molecule has 0 spiro atoms. The third kappa shape index (κ3) is 2.90. The first-order valence-corrected chi connectivity index (χ1v) is 7.06. The summed E-state index contributed by atoms with van der Waals surface area (Å²) in [6.07, 6.45) is 1.19. The van der Waals surface area contributed by atoms with Crippen molar-refractivity contribution >= 4 is 14.3 Å². The highest BCUT2D eigenvalue weighted by molar-refractivity contribution is 6.68. The number of rotatable bonds is 5. The molecule has 0 saturated carbocycles. The SMILES string of the molecule is CCC(C)c1ccccc1[Si](NC)NC. The lowest BCUT2D eigenvalue weighted by molar-refractivity contribution is 0.737. The second-order valence-corrected chi connectivity index (χ2v) is 6.06. The normalized spacial score (nSPS) is 13.1. The molecule has 2 N–H and O–H groups in total. The van der Waals surface area contributed by atoms with E-state index < -0.39 is 9.12 Å². The van der Waals surface area contributed by atoms with E-state index in [1.54, 1.807) is 0 Å². The minimum absolute atomic E-state index is 0.642. The van der Waals surface area contributed by atoms with Gasteiger partial charge < -0.3 is 9.96 Å². The van der Waals surface area contributed by atoms with Crippen molar-refractivity contribution in [3.63, 3.8) is 0 Å². The predicted molar refractivity (Wildman–Crippen MR) is 68.7 cm³/mol. The van der Waals surface area contributed by atoms with Crippen LogP contribution in [0.4, 0.5) is 0 Å². The van der Waals surface area contributed by atoms with Crippen molar-refractivity contribution in [3.8, 4) is 0 Å². The van der Waals surface area contributed by atoms with Crippen LogP contribution < -0.4 is 15.2 Å². The van der Waals surface area contributed by atoms with Gasteiger partial charge in [0, 0.05) is 0 Å². The number of hydrogen-bond donors (Lipinski definition) is 2. The zero-order valence-corrected chi connectivity index (χ0v) is 11.1. The molecule has 0 aliphatic carbocycles. The molecule has 0 aliphatic rings. The summed E-state index contributed by atoms with van der Waals surface area (Å²) >= 11 is 0. The van der Waals surface area contributed by atoms with Crippen molar-refractivity contribution in [2.45, 2.75) is 26.2 Å². The maximum Gasteiger partial charge on any atom is 0.260 e. The molecule has 1 aromatic rings. The summed E-state index contributed by atoms with van der Waals surface area (Å²) in [7, 11) is 3.27. The summed E-state index contributed by atoms with van der Waals surface area (Å²) in [5, 5.41) is 1.46. The first-order valence-electron chi connectivity index (χ1n) is 5.56. The van der Waals surface area contributed by atoms with Crippen LogP contribution in [0, 0.1) is 0 Å². The van der Waals surface area contributed by atoms with Crippen molar-refractivity contribution in [1.82, 2.24) is 9.96 Å². The first-order chi connectivity index (χ1) is 7.24. The van der Waals surface area contributed by atoms with Crippen LogP contribution in [0.1, 0.15) is 31.7 Å². The molecule has 1 atom stereocenters. The fourth-order valence-electron chi connectivity index (χ4n) is 1.77. The van der Waals surface area contributed by atoms with E-state index in [0.717, 1.165) is 0 Å². The monoisotopic (exact) mass is 221 g/mol. The quantitative estimate of drug-likeness (QED) is 0.733. The van der Waals surface area contributed by atoms with E-state index in [9.17, 15) is 0 Å².